The Bertz CT molecular complexity index is 661. The fourth-order valence-corrected chi connectivity index (χ4v) is 1.92. The van der Waals surface area contributed by atoms with E-state index in [0.717, 1.165) is 28.1 Å². The maximum Gasteiger partial charge on any atom is 0.138 e. The maximum absolute atomic E-state index is 4.88. The molecule has 0 aliphatic heterocycles. The highest BCUT2D eigenvalue weighted by Crippen LogP contribution is 2.22. The van der Waals surface area contributed by atoms with Crippen molar-refractivity contribution in [3.05, 3.63) is 48.5 Å². The second kappa shape index (κ2) is 4.50. The van der Waals surface area contributed by atoms with Crippen LogP contribution in [0.25, 0.3) is 22.4 Å². The Labute approximate surface area is 105 Å². The van der Waals surface area contributed by atoms with Crippen molar-refractivity contribution in [2.24, 2.45) is 0 Å². The quantitative estimate of drug-likeness (QED) is 0.690. The molecule has 0 bridgehead atoms. The summed E-state index contributed by atoms with van der Waals surface area (Å²) < 4.78 is 0. The molecular formula is C14H13N3O. The number of nitrogens with zero attached hydrogens (tertiary/aromatic N) is 1. The molecule has 18 heavy (non-hydrogen) atoms. The highest BCUT2D eigenvalue weighted by molar-refractivity contribution is 5.82. The summed E-state index contributed by atoms with van der Waals surface area (Å²) in [5.74, 6) is 0.875. The van der Waals surface area contributed by atoms with E-state index in [1.54, 1.807) is 7.11 Å². The van der Waals surface area contributed by atoms with Gasteiger partial charge in [0.25, 0.3) is 0 Å². The molecule has 2 N–H and O–H groups in total. The van der Waals surface area contributed by atoms with E-state index in [2.05, 4.69) is 15.4 Å². The largest absolute Gasteiger partial charge is 0.338 e. The van der Waals surface area contributed by atoms with Crippen molar-refractivity contribution in [1.29, 1.82) is 0 Å². The lowest BCUT2D eigenvalue weighted by Gasteiger charge is -2.01. The van der Waals surface area contributed by atoms with Crippen molar-refractivity contribution >= 4 is 16.7 Å². The number of H-pyrrole nitrogens is 1. The molecule has 0 saturated heterocycles. The number of hydrogen-bond donors (Lipinski definition) is 2. The molecule has 3 aromatic rings. The lowest BCUT2D eigenvalue weighted by atomic mass is 10.2. The van der Waals surface area contributed by atoms with Gasteiger partial charge in [-0.2, -0.15) is 0 Å². The molecule has 0 radical (unpaired) electrons. The van der Waals surface area contributed by atoms with Gasteiger partial charge in [-0.15, -0.1) is 0 Å². The molecule has 0 unspecified atom stereocenters. The minimum atomic E-state index is 0.875. The van der Waals surface area contributed by atoms with Crippen LogP contribution in [0.2, 0.25) is 0 Å². The van der Waals surface area contributed by atoms with E-state index < -0.39 is 0 Å². The first-order valence-electron chi connectivity index (χ1n) is 5.71. The normalized spacial score (nSPS) is 10.7. The van der Waals surface area contributed by atoms with Gasteiger partial charge in [-0.05, 0) is 18.2 Å². The molecule has 1 heterocycles. The fraction of sp³-hybridized carbons (Fsp3) is 0.0714. The predicted octanol–water partition coefficient (Wildman–Crippen LogP) is 3.20. The molecule has 0 spiro atoms. The van der Waals surface area contributed by atoms with Crippen molar-refractivity contribution in [3.63, 3.8) is 0 Å². The zero-order chi connectivity index (χ0) is 12.4. The standard InChI is InChI=1S/C14H13N3O/c1-18-17-11-7-8-12-13(9-11)16-14(15-12)10-5-3-2-4-6-10/h2-9,17H,1H3,(H,15,16). The first-order valence-corrected chi connectivity index (χ1v) is 5.71. The molecule has 4 nitrogen and oxygen atoms in total. The van der Waals surface area contributed by atoms with Gasteiger partial charge < -0.3 is 4.98 Å². The van der Waals surface area contributed by atoms with Crippen LogP contribution in [0.3, 0.4) is 0 Å². The maximum atomic E-state index is 4.88. The first-order chi connectivity index (χ1) is 8.86. The summed E-state index contributed by atoms with van der Waals surface area (Å²) in [4.78, 5) is 12.7. The van der Waals surface area contributed by atoms with Crippen molar-refractivity contribution in [2.75, 3.05) is 12.6 Å². The van der Waals surface area contributed by atoms with E-state index in [1.165, 1.54) is 0 Å². The molecular weight excluding hydrogens is 226 g/mol. The van der Waals surface area contributed by atoms with E-state index in [4.69, 9.17) is 4.84 Å². The summed E-state index contributed by atoms with van der Waals surface area (Å²) >= 11 is 0. The average Bonchev–Trinajstić information content (AvgIpc) is 2.83. The summed E-state index contributed by atoms with van der Waals surface area (Å²) in [6, 6.07) is 15.9. The third-order valence-electron chi connectivity index (χ3n) is 2.75. The van der Waals surface area contributed by atoms with Gasteiger partial charge in [-0.3, -0.25) is 10.3 Å². The Morgan fingerprint density at radius 3 is 2.72 bits per heavy atom. The SMILES string of the molecule is CONc1ccc2nc(-c3ccccc3)[nH]c2c1. The van der Waals surface area contributed by atoms with Crippen LogP contribution in [-0.2, 0) is 4.84 Å². The Hall–Kier alpha value is -2.33. The summed E-state index contributed by atoms with van der Waals surface area (Å²) in [7, 11) is 1.59. The zero-order valence-electron chi connectivity index (χ0n) is 9.97. The number of anilines is 1. The van der Waals surface area contributed by atoms with E-state index >= 15 is 0 Å². The number of benzene rings is 2. The Balaban J connectivity index is 2.06. The molecule has 2 aromatic carbocycles. The molecule has 4 heteroatoms. The summed E-state index contributed by atoms with van der Waals surface area (Å²) in [5.41, 5.74) is 6.70. The molecule has 0 fully saturated rings. The molecule has 0 saturated carbocycles. The predicted molar refractivity (Wildman–Crippen MR) is 72.2 cm³/mol. The van der Waals surface area contributed by atoms with Crippen LogP contribution in [0, 0.1) is 0 Å². The second-order valence-electron chi connectivity index (χ2n) is 3.99. The highest BCUT2D eigenvalue weighted by atomic mass is 16.6. The smallest absolute Gasteiger partial charge is 0.138 e. The summed E-state index contributed by atoms with van der Waals surface area (Å²) in [6.45, 7) is 0. The molecule has 0 aliphatic carbocycles. The van der Waals surface area contributed by atoms with Gasteiger partial charge in [-0.1, -0.05) is 30.3 Å². The van der Waals surface area contributed by atoms with E-state index in [-0.39, 0.29) is 0 Å². The number of aromatic amines is 1. The molecule has 0 aliphatic rings. The molecule has 3 rings (SSSR count). The minimum absolute atomic E-state index is 0.875. The summed E-state index contributed by atoms with van der Waals surface area (Å²) in [5, 5.41) is 0. The van der Waals surface area contributed by atoms with Gasteiger partial charge in [0.15, 0.2) is 0 Å². The lowest BCUT2D eigenvalue weighted by molar-refractivity contribution is 0.271. The second-order valence-corrected chi connectivity index (χ2v) is 3.99. The zero-order valence-corrected chi connectivity index (χ0v) is 9.97. The summed E-state index contributed by atoms with van der Waals surface area (Å²) in [6.07, 6.45) is 0. The monoisotopic (exact) mass is 239 g/mol. The van der Waals surface area contributed by atoms with E-state index in [9.17, 15) is 0 Å². The van der Waals surface area contributed by atoms with E-state index in [0.29, 0.717) is 0 Å². The number of hydrogen-bond acceptors (Lipinski definition) is 3. The van der Waals surface area contributed by atoms with Crippen molar-refractivity contribution in [1.82, 2.24) is 9.97 Å². The van der Waals surface area contributed by atoms with Gasteiger partial charge in [0.1, 0.15) is 5.82 Å². The minimum Gasteiger partial charge on any atom is -0.338 e. The third kappa shape index (κ3) is 1.94. The molecule has 90 valence electrons. The number of aromatic nitrogens is 2. The van der Waals surface area contributed by atoms with Gasteiger partial charge >= 0.3 is 0 Å². The Kier molecular flexibility index (Phi) is 2.70. The van der Waals surface area contributed by atoms with Crippen molar-refractivity contribution in [2.45, 2.75) is 0 Å². The van der Waals surface area contributed by atoms with Gasteiger partial charge in [0, 0.05) is 5.56 Å². The van der Waals surface area contributed by atoms with Crippen LogP contribution >= 0.6 is 0 Å². The topological polar surface area (TPSA) is 49.9 Å². The van der Waals surface area contributed by atoms with Crippen LogP contribution < -0.4 is 5.48 Å². The molecule has 0 amide bonds. The average molecular weight is 239 g/mol. The highest BCUT2D eigenvalue weighted by Gasteiger charge is 2.05. The van der Waals surface area contributed by atoms with Crippen LogP contribution in [0.4, 0.5) is 5.69 Å². The fourth-order valence-electron chi connectivity index (χ4n) is 1.92. The van der Waals surface area contributed by atoms with Gasteiger partial charge in [-0.25, -0.2) is 4.98 Å². The molecule has 0 atom stereocenters. The van der Waals surface area contributed by atoms with Crippen LogP contribution in [0.1, 0.15) is 0 Å². The number of imidazole rings is 1. The molecule has 1 aromatic heterocycles. The van der Waals surface area contributed by atoms with Crippen molar-refractivity contribution in [3.8, 4) is 11.4 Å². The lowest BCUT2D eigenvalue weighted by Crippen LogP contribution is -1.94. The number of fused-ring (bicyclic) bond motifs is 1. The first kappa shape index (κ1) is 10.8. The van der Waals surface area contributed by atoms with Crippen LogP contribution in [-0.4, -0.2) is 17.1 Å². The van der Waals surface area contributed by atoms with Crippen LogP contribution in [0.5, 0.6) is 0 Å². The van der Waals surface area contributed by atoms with Gasteiger partial charge in [0.2, 0.25) is 0 Å². The Morgan fingerprint density at radius 2 is 1.94 bits per heavy atom. The number of rotatable bonds is 3. The Morgan fingerprint density at radius 1 is 1.11 bits per heavy atom. The van der Waals surface area contributed by atoms with Gasteiger partial charge in [0.05, 0.1) is 23.8 Å². The van der Waals surface area contributed by atoms with Crippen molar-refractivity contribution < 1.29 is 4.84 Å². The van der Waals surface area contributed by atoms with Crippen LogP contribution in [0.15, 0.2) is 48.5 Å². The van der Waals surface area contributed by atoms with E-state index in [1.807, 2.05) is 48.5 Å². The number of nitrogens with one attached hydrogen (secondary N) is 2. The third-order valence-corrected chi connectivity index (χ3v) is 2.75.